The van der Waals surface area contributed by atoms with Crippen LogP contribution >= 0.6 is 0 Å². The van der Waals surface area contributed by atoms with Crippen molar-refractivity contribution < 1.29 is 23.4 Å². The van der Waals surface area contributed by atoms with Gasteiger partial charge in [-0.3, -0.25) is 4.98 Å². The molecule has 2 unspecified atom stereocenters. The summed E-state index contributed by atoms with van der Waals surface area (Å²) in [5.41, 5.74) is 0.630. The van der Waals surface area contributed by atoms with Crippen LogP contribution in [-0.4, -0.2) is 55.2 Å². The molecule has 3 rings (SSSR count). The highest BCUT2D eigenvalue weighted by Gasteiger charge is 2.44. The Morgan fingerprint density at radius 3 is 2.43 bits per heavy atom. The maximum atomic E-state index is 11.6. The zero-order valence-corrected chi connectivity index (χ0v) is 16.6. The van der Waals surface area contributed by atoms with Crippen molar-refractivity contribution in [2.75, 3.05) is 19.4 Å². The molecule has 0 radical (unpaired) electrons. The molecular formula is C20H26N2O5S. The number of nitrogens with zero attached hydrogens (tertiary/aromatic N) is 1. The quantitative estimate of drug-likeness (QED) is 0.603. The lowest BCUT2D eigenvalue weighted by molar-refractivity contribution is 0.0438. The number of sulfone groups is 1. The number of aliphatic hydroxyl groups excluding tert-OH is 2. The molecule has 0 amide bonds. The topological polar surface area (TPSA) is 109 Å². The number of nitrogens with one attached hydrogen (secondary N) is 1. The fraction of sp³-hybridized carbons (Fsp3) is 0.450. The summed E-state index contributed by atoms with van der Waals surface area (Å²) >= 11 is 0. The molecule has 28 heavy (non-hydrogen) atoms. The van der Waals surface area contributed by atoms with Gasteiger partial charge in [0.25, 0.3) is 0 Å². The van der Waals surface area contributed by atoms with E-state index in [0.29, 0.717) is 38.3 Å². The van der Waals surface area contributed by atoms with Crippen LogP contribution in [0.25, 0.3) is 0 Å². The van der Waals surface area contributed by atoms with E-state index in [1.165, 1.54) is 12.1 Å². The fourth-order valence-corrected chi connectivity index (χ4v) is 4.18. The van der Waals surface area contributed by atoms with E-state index in [2.05, 4.69) is 10.3 Å². The Kier molecular flexibility index (Phi) is 6.34. The molecule has 2 atom stereocenters. The van der Waals surface area contributed by atoms with Gasteiger partial charge in [0, 0.05) is 37.2 Å². The predicted octanol–water partition coefficient (Wildman–Crippen LogP) is 1.16. The van der Waals surface area contributed by atoms with E-state index < -0.39 is 27.5 Å². The Bertz CT molecular complexity index is 861. The van der Waals surface area contributed by atoms with Crippen molar-refractivity contribution in [1.29, 1.82) is 0 Å². The van der Waals surface area contributed by atoms with Gasteiger partial charge in [0.05, 0.1) is 23.7 Å². The summed E-state index contributed by atoms with van der Waals surface area (Å²) in [6.45, 7) is 1.50. The number of rotatable bonds is 8. The number of aromatic nitrogens is 1. The third kappa shape index (κ3) is 5.29. The van der Waals surface area contributed by atoms with Crippen molar-refractivity contribution in [3.63, 3.8) is 0 Å². The van der Waals surface area contributed by atoms with Gasteiger partial charge >= 0.3 is 0 Å². The second-order valence-corrected chi connectivity index (χ2v) is 9.56. The van der Waals surface area contributed by atoms with Crippen LogP contribution in [0.5, 0.6) is 5.75 Å². The van der Waals surface area contributed by atoms with Crippen molar-refractivity contribution in [3.05, 3.63) is 54.4 Å². The molecule has 7 nitrogen and oxygen atoms in total. The van der Waals surface area contributed by atoms with E-state index in [-0.39, 0.29) is 4.90 Å². The lowest BCUT2D eigenvalue weighted by Crippen LogP contribution is -2.38. The zero-order valence-electron chi connectivity index (χ0n) is 15.8. The van der Waals surface area contributed by atoms with Gasteiger partial charge < -0.3 is 20.3 Å². The van der Waals surface area contributed by atoms with Crippen LogP contribution < -0.4 is 10.1 Å². The lowest BCUT2D eigenvalue weighted by atomic mass is 9.86. The first-order valence-electron chi connectivity index (χ1n) is 9.16. The molecule has 1 fully saturated rings. The van der Waals surface area contributed by atoms with Gasteiger partial charge in [0.2, 0.25) is 0 Å². The second kappa shape index (κ2) is 8.57. The minimum Gasteiger partial charge on any atom is -0.493 e. The monoisotopic (exact) mass is 406 g/mol. The van der Waals surface area contributed by atoms with Crippen LogP contribution in [-0.2, 0) is 16.4 Å². The molecule has 152 valence electrons. The van der Waals surface area contributed by atoms with Crippen LogP contribution in [0.3, 0.4) is 0 Å². The molecule has 0 spiro atoms. The SMILES string of the molecule is CS(=O)(=O)c1ccc(OCC2(CNCc3cccnc3)CC(O)C(O)C2)cc1. The first kappa shape index (κ1) is 20.7. The van der Waals surface area contributed by atoms with Crippen LogP contribution in [0, 0.1) is 5.41 Å². The van der Waals surface area contributed by atoms with E-state index in [9.17, 15) is 18.6 Å². The minimum atomic E-state index is -3.25. The average molecular weight is 407 g/mol. The summed E-state index contributed by atoms with van der Waals surface area (Å²) < 4.78 is 29.0. The Balaban J connectivity index is 1.63. The summed E-state index contributed by atoms with van der Waals surface area (Å²) in [5, 5.41) is 23.5. The summed E-state index contributed by atoms with van der Waals surface area (Å²) in [7, 11) is -3.25. The third-order valence-electron chi connectivity index (χ3n) is 5.08. The molecule has 0 bridgehead atoms. The van der Waals surface area contributed by atoms with Crippen LogP contribution in [0.1, 0.15) is 18.4 Å². The van der Waals surface area contributed by atoms with Crippen molar-refractivity contribution in [1.82, 2.24) is 10.3 Å². The molecule has 1 aromatic heterocycles. The van der Waals surface area contributed by atoms with E-state index in [1.807, 2.05) is 12.1 Å². The number of hydrogen-bond acceptors (Lipinski definition) is 7. The zero-order chi connectivity index (χ0) is 20.2. The smallest absolute Gasteiger partial charge is 0.175 e. The number of aliphatic hydroxyl groups is 2. The Morgan fingerprint density at radius 2 is 1.86 bits per heavy atom. The van der Waals surface area contributed by atoms with E-state index in [4.69, 9.17) is 4.74 Å². The van der Waals surface area contributed by atoms with Gasteiger partial charge in [-0.1, -0.05) is 6.07 Å². The predicted molar refractivity (Wildman–Crippen MR) is 105 cm³/mol. The summed E-state index contributed by atoms with van der Waals surface area (Å²) in [6, 6.07) is 10.1. The fourth-order valence-electron chi connectivity index (χ4n) is 3.55. The van der Waals surface area contributed by atoms with Gasteiger partial charge in [0.15, 0.2) is 9.84 Å². The Morgan fingerprint density at radius 1 is 1.18 bits per heavy atom. The second-order valence-electron chi connectivity index (χ2n) is 7.54. The molecule has 1 saturated carbocycles. The van der Waals surface area contributed by atoms with Crippen LogP contribution in [0.2, 0.25) is 0 Å². The Labute approximate surface area is 165 Å². The summed E-state index contributed by atoms with van der Waals surface area (Å²) in [5.74, 6) is 0.551. The van der Waals surface area contributed by atoms with Gasteiger partial charge in [-0.05, 0) is 48.7 Å². The highest BCUT2D eigenvalue weighted by atomic mass is 32.2. The van der Waals surface area contributed by atoms with Crippen molar-refractivity contribution in [2.24, 2.45) is 5.41 Å². The first-order valence-corrected chi connectivity index (χ1v) is 11.1. The van der Waals surface area contributed by atoms with Crippen molar-refractivity contribution in [3.8, 4) is 5.75 Å². The van der Waals surface area contributed by atoms with Gasteiger partial charge in [-0.15, -0.1) is 0 Å². The van der Waals surface area contributed by atoms with E-state index in [1.54, 1.807) is 24.5 Å². The van der Waals surface area contributed by atoms with Gasteiger partial charge in [-0.2, -0.15) is 0 Å². The normalized spacial score (nSPS) is 25.0. The van der Waals surface area contributed by atoms with Gasteiger partial charge in [-0.25, -0.2) is 8.42 Å². The highest BCUT2D eigenvalue weighted by Crippen LogP contribution is 2.38. The third-order valence-corrected chi connectivity index (χ3v) is 6.21. The molecule has 8 heteroatoms. The van der Waals surface area contributed by atoms with Crippen molar-refractivity contribution >= 4 is 9.84 Å². The standard InChI is InChI=1S/C20H26N2O5S/c1-28(25,26)17-6-4-16(5-7-17)27-14-20(9-18(23)19(24)10-20)13-22-12-15-3-2-8-21-11-15/h2-8,11,18-19,22-24H,9-10,12-14H2,1H3. The minimum absolute atomic E-state index is 0.236. The van der Waals surface area contributed by atoms with Crippen LogP contribution in [0.15, 0.2) is 53.7 Å². The molecule has 1 aliphatic carbocycles. The molecular weight excluding hydrogens is 380 g/mol. The Hall–Kier alpha value is -2.00. The van der Waals surface area contributed by atoms with Crippen molar-refractivity contribution in [2.45, 2.75) is 36.5 Å². The highest BCUT2D eigenvalue weighted by molar-refractivity contribution is 7.90. The largest absolute Gasteiger partial charge is 0.493 e. The first-order chi connectivity index (χ1) is 13.3. The van der Waals surface area contributed by atoms with Gasteiger partial charge in [0.1, 0.15) is 5.75 Å². The number of ether oxygens (including phenoxy) is 1. The molecule has 1 heterocycles. The molecule has 0 aliphatic heterocycles. The van der Waals surface area contributed by atoms with E-state index in [0.717, 1.165) is 11.8 Å². The molecule has 1 aliphatic rings. The van der Waals surface area contributed by atoms with Crippen LogP contribution in [0.4, 0.5) is 0 Å². The number of pyridine rings is 1. The maximum Gasteiger partial charge on any atom is 0.175 e. The summed E-state index contributed by atoms with van der Waals surface area (Å²) in [4.78, 5) is 4.32. The number of benzene rings is 1. The molecule has 0 saturated heterocycles. The molecule has 1 aromatic carbocycles. The lowest BCUT2D eigenvalue weighted by Gasteiger charge is -2.29. The van der Waals surface area contributed by atoms with E-state index >= 15 is 0 Å². The summed E-state index contributed by atoms with van der Waals surface area (Å²) in [6.07, 6.45) is 3.96. The maximum absolute atomic E-state index is 11.6. The number of hydrogen-bond donors (Lipinski definition) is 3. The molecule has 3 N–H and O–H groups in total. The molecule has 2 aromatic rings. The average Bonchev–Trinajstić information content (AvgIpc) is 2.95.